The first kappa shape index (κ1) is 18.8. The molecule has 142 valence electrons. The van der Waals surface area contributed by atoms with Crippen molar-refractivity contribution in [2.45, 2.75) is 26.2 Å². The van der Waals surface area contributed by atoms with Crippen LogP contribution in [0.5, 0.6) is 0 Å². The maximum Gasteiger partial charge on any atom is 0.227 e. The van der Waals surface area contributed by atoms with Gasteiger partial charge in [-0.15, -0.1) is 0 Å². The van der Waals surface area contributed by atoms with Crippen LogP contribution in [0.3, 0.4) is 0 Å². The van der Waals surface area contributed by atoms with E-state index in [9.17, 15) is 4.79 Å². The highest BCUT2D eigenvalue weighted by atomic mass is 16.2. The maximum atomic E-state index is 12.6. The highest BCUT2D eigenvalue weighted by Crippen LogP contribution is 2.21. The molecule has 1 aliphatic heterocycles. The van der Waals surface area contributed by atoms with Crippen molar-refractivity contribution >= 4 is 23.8 Å². The number of rotatable bonds is 5. The molecule has 0 radical (unpaired) electrons. The molecule has 27 heavy (non-hydrogen) atoms. The molecule has 0 spiro atoms. The monoisotopic (exact) mass is 366 g/mol. The molecular formula is C20H26N6O. The van der Waals surface area contributed by atoms with Crippen molar-refractivity contribution in [1.82, 2.24) is 14.9 Å². The molecule has 1 fully saturated rings. The van der Waals surface area contributed by atoms with Gasteiger partial charge in [-0.2, -0.15) is 0 Å². The predicted octanol–water partition coefficient (Wildman–Crippen LogP) is 2.07. The predicted molar refractivity (Wildman–Crippen MR) is 107 cm³/mol. The van der Waals surface area contributed by atoms with Crippen molar-refractivity contribution in [1.29, 1.82) is 5.41 Å². The SMILES string of the molecule is CC(C)c1ccc(CC(=O)N2CCN(c3ncnc(N)c3C=N)CC2)cc1. The van der Waals surface area contributed by atoms with Crippen LogP contribution in [0, 0.1) is 5.41 Å². The van der Waals surface area contributed by atoms with Gasteiger partial charge in [0.15, 0.2) is 0 Å². The van der Waals surface area contributed by atoms with Crippen molar-refractivity contribution in [3.8, 4) is 0 Å². The summed E-state index contributed by atoms with van der Waals surface area (Å²) < 4.78 is 0. The zero-order valence-electron chi connectivity index (χ0n) is 15.9. The number of aromatic nitrogens is 2. The van der Waals surface area contributed by atoms with Gasteiger partial charge in [0.2, 0.25) is 5.91 Å². The van der Waals surface area contributed by atoms with Gasteiger partial charge < -0.3 is 20.9 Å². The first-order valence-electron chi connectivity index (χ1n) is 9.22. The fourth-order valence-electron chi connectivity index (χ4n) is 3.26. The molecule has 7 nitrogen and oxygen atoms in total. The summed E-state index contributed by atoms with van der Waals surface area (Å²) in [5, 5.41) is 7.54. The van der Waals surface area contributed by atoms with Crippen LogP contribution in [-0.4, -0.2) is 53.2 Å². The Kier molecular flexibility index (Phi) is 5.69. The Labute approximate surface area is 159 Å². The maximum absolute atomic E-state index is 12.6. The van der Waals surface area contributed by atoms with Gasteiger partial charge in [0, 0.05) is 32.4 Å². The van der Waals surface area contributed by atoms with E-state index >= 15 is 0 Å². The molecule has 2 heterocycles. The van der Waals surface area contributed by atoms with E-state index in [2.05, 4.69) is 40.8 Å². The van der Waals surface area contributed by atoms with Crippen LogP contribution in [0.2, 0.25) is 0 Å². The lowest BCUT2D eigenvalue weighted by Crippen LogP contribution is -2.49. The number of nitrogen functional groups attached to an aromatic ring is 1. The Morgan fingerprint density at radius 2 is 1.85 bits per heavy atom. The number of piperazine rings is 1. The third kappa shape index (κ3) is 4.24. The van der Waals surface area contributed by atoms with E-state index in [1.165, 1.54) is 18.1 Å². The average Bonchev–Trinajstić information content (AvgIpc) is 2.68. The summed E-state index contributed by atoms with van der Waals surface area (Å²) in [6.07, 6.45) is 3.02. The van der Waals surface area contributed by atoms with Gasteiger partial charge >= 0.3 is 0 Å². The van der Waals surface area contributed by atoms with Gasteiger partial charge in [0.25, 0.3) is 0 Å². The van der Waals surface area contributed by atoms with Crippen molar-refractivity contribution in [3.05, 3.63) is 47.3 Å². The van der Waals surface area contributed by atoms with Crippen LogP contribution in [0.4, 0.5) is 11.6 Å². The third-order valence-electron chi connectivity index (χ3n) is 4.97. The van der Waals surface area contributed by atoms with Crippen LogP contribution < -0.4 is 10.6 Å². The van der Waals surface area contributed by atoms with Crippen LogP contribution in [0.1, 0.15) is 36.5 Å². The molecule has 3 rings (SSSR count). The van der Waals surface area contributed by atoms with E-state index in [4.69, 9.17) is 11.1 Å². The molecule has 0 bridgehead atoms. The minimum atomic E-state index is 0.140. The number of nitrogens with zero attached hydrogens (tertiary/aromatic N) is 4. The van der Waals surface area contributed by atoms with Gasteiger partial charge in [-0.25, -0.2) is 9.97 Å². The highest BCUT2D eigenvalue weighted by Gasteiger charge is 2.24. The zero-order valence-corrected chi connectivity index (χ0v) is 15.9. The summed E-state index contributed by atoms with van der Waals surface area (Å²) in [5.41, 5.74) is 8.69. The minimum absolute atomic E-state index is 0.140. The minimum Gasteiger partial charge on any atom is -0.383 e. The number of nitrogens with one attached hydrogen (secondary N) is 1. The number of benzene rings is 1. The molecule has 2 aromatic rings. The summed E-state index contributed by atoms with van der Waals surface area (Å²) in [6, 6.07) is 8.29. The zero-order chi connectivity index (χ0) is 19.4. The van der Waals surface area contributed by atoms with Gasteiger partial charge in [-0.1, -0.05) is 38.1 Å². The molecule has 1 amide bonds. The van der Waals surface area contributed by atoms with Crippen LogP contribution in [0.15, 0.2) is 30.6 Å². The fraction of sp³-hybridized carbons (Fsp3) is 0.400. The summed E-state index contributed by atoms with van der Waals surface area (Å²) >= 11 is 0. The van der Waals surface area contributed by atoms with Crippen molar-refractivity contribution in [2.75, 3.05) is 36.8 Å². The second kappa shape index (κ2) is 8.16. The highest BCUT2D eigenvalue weighted by molar-refractivity contribution is 5.90. The van der Waals surface area contributed by atoms with E-state index in [-0.39, 0.29) is 5.91 Å². The number of carbonyl (C=O) groups is 1. The fourth-order valence-corrected chi connectivity index (χ4v) is 3.26. The third-order valence-corrected chi connectivity index (χ3v) is 4.97. The van der Waals surface area contributed by atoms with Crippen molar-refractivity contribution < 1.29 is 4.79 Å². The Morgan fingerprint density at radius 1 is 1.19 bits per heavy atom. The topological polar surface area (TPSA) is 99.2 Å². The van der Waals surface area contributed by atoms with E-state index in [1.807, 2.05) is 17.0 Å². The lowest BCUT2D eigenvalue weighted by atomic mass is 10.0. The quantitative estimate of drug-likeness (QED) is 0.789. The molecule has 3 N–H and O–H groups in total. The first-order chi connectivity index (χ1) is 13.0. The molecule has 1 saturated heterocycles. The smallest absolute Gasteiger partial charge is 0.227 e. The number of hydrogen-bond acceptors (Lipinski definition) is 6. The molecule has 1 aliphatic rings. The summed E-state index contributed by atoms with van der Waals surface area (Å²) in [5.74, 6) is 1.60. The van der Waals surface area contributed by atoms with Crippen LogP contribution in [-0.2, 0) is 11.2 Å². The Morgan fingerprint density at radius 3 is 2.44 bits per heavy atom. The molecule has 0 unspecified atom stereocenters. The lowest BCUT2D eigenvalue weighted by Gasteiger charge is -2.36. The van der Waals surface area contributed by atoms with Gasteiger partial charge in [0.1, 0.15) is 18.0 Å². The van der Waals surface area contributed by atoms with Crippen LogP contribution >= 0.6 is 0 Å². The lowest BCUT2D eigenvalue weighted by molar-refractivity contribution is -0.130. The second-order valence-electron chi connectivity index (χ2n) is 7.08. The molecule has 1 aromatic heterocycles. The Balaban J connectivity index is 1.59. The molecule has 0 atom stereocenters. The number of hydrogen-bond donors (Lipinski definition) is 2. The van der Waals surface area contributed by atoms with E-state index in [0.29, 0.717) is 55.7 Å². The molecule has 7 heteroatoms. The van der Waals surface area contributed by atoms with E-state index < -0.39 is 0 Å². The summed E-state index contributed by atoms with van der Waals surface area (Å²) in [7, 11) is 0. The number of nitrogens with two attached hydrogens (primary N) is 1. The van der Waals surface area contributed by atoms with Gasteiger partial charge in [-0.05, 0) is 17.0 Å². The van der Waals surface area contributed by atoms with Crippen molar-refractivity contribution in [3.63, 3.8) is 0 Å². The molecule has 0 aliphatic carbocycles. The van der Waals surface area contributed by atoms with E-state index in [1.54, 1.807) is 0 Å². The normalized spacial score (nSPS) is 14.5. The van der Waals surface area contributed by atoms with Gasteiger partial charge in [0.05, 0.1) is 12.0 Å². The second-order valence-corrected chi connectivity index (χ2v) is 7.08. The number of anilines is 2. The summed E-state index contributed by atoms with van der Waals surface area (Å²) in [4.78, 5) is 24.8. The largest absolute Gasteiger partial charge is 0.383 e. The standard InChI is InChI=1S/C20H26N6O/c1-14(2)16-5-3-15(4-6-16)11-18(27)25-7-9-26(10-8-25)20-17(12-21)19(22)23-13-24-20/h3-6,12-14,21H,7-11H2,1-2H3,(H2,22,23,24). The first-order valence-corrected chi connectivity index (χ1v) is 9.22. The van der Waals surface area contributed by atoms with Crippen molar-refractivity contribution in [2.24, 2.45) is 0 Å². The Hall–Kier alpha value is -2.96. The van der Waals surface area contributed by atoms with Gasteiger partial charge in [-0.3, -0.25) is 4.79 Å². The van der Waals surface area contributed by atoms with E-state index in [0.717, 1.165) is 5.56 Å². The number of carbonyl (C=O) groups excluding carboxylic acids is 1. The molecule has 0 saturated carbocycles. The Bertz CT molecular complexity index is 810. The number of amides is 1. The molecular weight excluding hydrogens is 340 g/mol. The summed E-state index contributed by atoms with van der Waals surface area (Å²) in [6.45, 7) is 6.91. The van der Waals surface area contributed by atoms with Crippen LogP contribution in [0.25, 0.3) is 0 Å². The average molecular weight is 366 g/mol. The molecule has 1 aromatic carbocycles.